The number of thiophene rings is 1. The Morgan fingerprint density at radius 2 is 2.08 bits per heavy atom. The van der Waals surface area contributed by atoms with Crippen molar-refractivity contribution in [1.29, 1.82) is 0 Å². The Kier molecular flexibility index (Phi) is 4.32. The lowest BCUT2D eigenvalue weighted by atomic mass is 10.1. The number of rotatable bonds is 3. The van der Waals surface area contributed by atoms with Crippen LogP contribution in [0.2, 0.25) is 5.02 Å². The number of aromatic nitrogens is 1. The van der Waals surface area contributed by atoms with E-state index in [9.17, 15) is 14.9 Å². The van der Waals surface area contributed by atoms with Gasteiger partial charge in [-0.25, -0.2) is 4.98 Å². The van der Waals surface area contributed by atoms with Gasteiger partial charge in [0.25, 0.3) is 11.6 Å². The predicted molar refractivity (Wildman–Crippen MR) is 99.6 cm³/mol. The maximum Gasteiger partial charge on any atom is 0.271 e. The summed E-state index contributed by atoms with van der Waals surface area (Å²) in [5, 5.41) is 14.4. The fourth-order valence-corrected chi connectivity index (χ4v) is 3.48. The van der Waals surface area contributed by atoms with Gasteiger partial charge in [-0.3, -0.25) is 14.9 Å². The monoisotopic (exact) mass is 376 g/mol. The molecule has 0 atom stereocenters. The van der Waals surface area contributed by atoms with E-state index in [0.29, 0.717) is 15.9 Å². The van der Waals surface area contributed by atoms with Gasteiger partial charge in [0.1, 0.15) is 9.71 Å². The van der Waals surface area contributed by atoms with Gasteiger partial charge in [0.2, 0.25) is 0 Å². The van der Waals surface area contributed by atoms with Crippen molar-refractivity contribution >= 4 is 56.1 Å². The van der Waals surface area contributed by atoms with Crippen LogP contribution in [0, 0.1) is 24.0 Å². The average Bonchev–Trinajstić information content (AvgIpc) is 2.86. The Bertz CT molecular complexity index is 1030. The zero-order chi connectivity index (χ0) is 18.3. The number of halogens is 1. The van der Waals surface area contributed by atoms with E-state index in [1.807, 2.05) is 19.9 Å². The van der Waals surface area contributed by atoms with E-state index < -0.39 is 10.8 Å². The summed E-state index contributed by atoms with van der Waals surface area (Å²) in [5.74, 6) is -0.488. The van der Waals surface area contributed by atoms with E-state index in [0.717, 1.165) is 11.3 Å². The second-order valence-corrected chi connectivity index (χ2v) is 6.87. The molecule has 0 spiro atoms. The molecule has 0 aliphatic rings. The summed E-state index contributed by atoms with van der Waals surface area (Å²) in [7, 11) is 0. The first-order valence-electron chi connectivity index (χ1n) is 7.19. The standard InChI is InChI=1S/C16H13ClN4O3S/c1-7-5-10-13(18)14(25-16(10)19-8(7)2)15(22)20-12-6-9(21(23)24)3-4-11(12)17/h3-6H,18H2,1-2H3,(H,20,22). The van der Waals surface area contributed by atoms with E-state index in [2.05, 4.69) is 10.3 Å². The number of nitrogens with two attached hydrogens (primary N) is 1. The SMILES string of the molecule is Cc1cc2c(N)c(C(=O)Nc3cc([N+](=O)[O-])ccc3Cl)sc2nc1C. The Morgan fingerprint density at radius 1 is 1.36 bits per heavy atom. The van der Waals surface area contributed by atoms with Crippen molar-refractivity contribution in [1.82, 2.24) is 4.98 Å². The molecule has 3 N–H and O–H groups in total. The van der Waals surface area contributed by atoms with Crippen LogP contribution in [0.5, 0.6) is 0 Å². The van der Waals surface area contributed by atoms with E-state index in [1.165, 1.54) is 29.5 Å². The van der Waals surface area contributed by atoms with Gasteiger partial charge in [-0.05, 0) is 31.5 Å². The second-order valence-electron chi connectivity index (χ2n) is 5.46. The first-order valence-corrected chi connectivity index (χ1v) is 8.39. The molecule has 3 aromatic rings. The van der Waals surface area contributed by atoms with Gasteiger partial charge in [-0.15, -0.1) is 11.3 Å². The molecule has 0 aliphatic carbocycles. The smallest absolute Gasteiger partial charge is 0.271 e. The normalized spacial score (nSPS) is 10.8. The number of fused-ring (bicyclic) bond motifs is 1. The highest BCUT2D eigenvalue weighted by Crippen LogP contribution is 2.35. The summed E-state index contributed by atoms with van der Waals surface area (Å²) in [6.07, 6.45) is 0. The van der Waals surface area contributed by atoms with Crippen molar-refractivity contribution < 1.29 is 9.72 Å². The summed E-state index contributed by atoms with van der Waals surface area (Å²) in [5.41, 5.74) is 8.25. The molecule has 0 radical (unpaired) electrons. The van der Waals surface area contributed by atoms with Gasteiger partial charge in [0.05, 0.1) is 21.3 Å². The molecule has 25 heavy (non-hydrogen) atoms. The van der Waals surface area contributed by atoms with Crippen LogP contribution in [0.15, 0.2) is 24.3 Å². The zero-order valence-electron chi connectivity index (χ0n) is 13.3. The molecule has 2 aromatic heterocycles. The maximum atomic E-state index is 12.6. The number of hydrogen-bond donors (Lipinski definition) is 2. The predicted octanol–water partition coefficient (Wildman–Crippen LogP) is 4.31. The fourth-order valence-electron chi connectivity index (χ4n) is 2.30. The molecular formula is C16H13ClN4O3S. The molecule has 9 heteroatoms. The van der Waals surface area contributed by atoms with Crippen LogP contribution in [0.4, 0.5) is 17.1 Å². The molecule has 0 aliphatic heterocycles. The largest absolute Gasteiger partial charge is 0.397 e. The number of carbonyl (C=O) groups is 1. The number of pyridine rings is 1. The molecule has 0 saturated heterocycles. The van der Waals surface area contributed by atoms with Gasteiger partial charge < -0.3 is 11.1 Å². The zero-order valence-corrected chi connectivity index (χ0v) is 14.9. The number of benzene rings is 1. The number of aryl methyl sites for hydroxylation is 2. The molecule has 0 saturated carbocycles. The van der Waals surface area contributed by atoms with Crippen LogP contribution in [0.3, 0.4) is 0 Å². The van der Waals surface area contributed by atoms with Crippen molar-refractivity contribution in [3.63, 3.8) is 0 Å². The number of nitro groups is 1. The number of nitrogens with zero attached hydrogens (tertiary/aromatic N) is 2. The van der Waals surface area contributed by atoms with Crippen LogP contribution in [-0.2, 0) is 0 Å². The lowest BCUT2D eigenvalue weighted by Crippen LogP contribution is -2.12. The second kappa shape index (κ2) is 6.30. The van der Waals surface area contributed by atoms with Gasteiger partial charge in [0.15, 0.2) is 0 Å². The molecule has 0 unspecified atom stereocenters. The van der Waals surface area contributed by atoms with Gasteiger partial charge >= 0.3 is 0 Å². The van der Waals surface area contributed by atoms with Crippen molar-refractivity contribution in [3.8, 4) is 0 Å². The van der Waals surface area contributed by atoms with Gasteiger partial charge in [-0.1, -0.05) is 11.6 Å². The summed E-state index contributed by atoms with van der Waals surface area (Å²) < 4.78 is 0. The summed E-state index contributed by atoms with van der Waals surface area (Å²) >= 11 is 7.18. The van der Waals surface area contributed by atoms with Gasteiger partial charge in [0, 0.05) is 23.2 Å². The Balaban J connectivity index is 1.99. The summed E-state index contributed by atoms with van der Waals surface area (Å²) in [4.78, 5) is 28.3. The molecule has 3 rings (SSSR count). The lowest BCUT2D eigenvalue weighted by molar-refractivity contribution is -0.384. The molecule has 0 bridgehead atoms. The minimum atomic E-state index is -0.560. The first-order chi connectivity index (χ1) is 11.8. The number of hydrogen-bond acceptors (Lipinski definition) is 6. The van der Waals surface area contributed by atoms with Crippen LogP contribution in [0.1, 0.15) is 20.9 Å². The molecule has 1 aromatic carbocycles. The topological polar surface area (TPSA) is 111 Å². The highest BCUT2D eigenvalue weighted by Gasteiger charge is 2.20. The number of nitrogen functional groups attached to an aromatic ring is 1. The molecule has 2 heterocycles. The van der Waals surface area contributed by atoms with Gasteiger partial charge in [-0.2, -0.15) is 0 Å². The fraction of sp³-hybridized carbons (Fsp3) is 0.125. The third-order valence-electron chi connectivity index (χ3n) is 3.78. The first kappa shape index (κ1) is 17.1. The van der Waals surface area contributed by atoms with Crippen molar-refractivity contribution in [3.05, 3.63) is 55.5 Å². The summed E-state index contributed by atoms with van der Waals surface area (Å²) in [6, 6.07) is 5.72. The molecular weight excluding hydrogens is 364 g/mol. The number of carbonyl (C=O) groups excluding carboxylic acids is 1. The minimum Gasteiger partial charge on any atom is -0.397 e. The van der Waals surface area contributed by atoms with E-state index >= 15 is 0 Å². The molecule has 128 valence electrons. The third-order valence-corrected chi connectivity index (χ3v) is 5.22. The van der Waals surface area contributed by atoms with E-state index in [4.69, 9.17) is 17.3 Å². The van der Waals surface area contributed by atoms with E-state index in [1.54, 1.807) is 0 Å². The van der Waals surface area contributed by atoms with Crippen molar-refractivity contribution in [2.24, 2.45) is 0 Å². The number of anilines is 2. The lowest BCUT2D eigenvalue weighted by Gasteiger charge is -2.06. The van der Waals surface area contributed by atoms with Crippen LogP contribution < -0.4 is 11.1 Å². The number of nitrogens with one attached hydrogen (secondary N) is 1. The third kappa shape index (κ3) is 3.13. The molecule has 7 nitrogen and oxygen atoms in total. The Labute approximate surface area is 151 Å². The molecule has 1 amide bonds. The summed E-state index contributed by atoms with van der Waals surface area (Å²) in [6.45, 7) is 3.80. The minimum absolute atomic E-state index is 0.151. The van der Waals surface area contributed by atoms with Crippen molar-refractivity contribution in [2.45, 2.75) is 13.8 Å². The highest BCUT2D eigenvalue weighted by atomic mass is 35.5. The molecule has 0 fully saturated rings. The van der Waals surface area contributed by atoms with Crippen LogP contribution >= 0.6 is 22.9 Å². The quantitative estimate of drug-likeness (QED) is 0.522. The number of nitro benzene ring substituents is 1. The Morgan fingerprint density at radius 3 is 2.76 bits per heavy atom. The van der Waals surface area contributed by atoms with E-state index in [-0.39, 0.29) is 21.3 Å². The maximum absolute atomic E-state index is 12.6. The van der Waals surface area contributed by atoms with Crippen molar-refractivity contribution in [2.75, 3.05) is 11.1 Å². The Hall–Kier alpha value is -2.71. The number of amides is 1. The van der Waals surface area contributed by atoms with Crippen LogP contribution in [-0.4, -0.2) is 15.8 Å². The number of non-ortho nitro benzene ring substituents is 1. The highest BCUT2D eigenvalue weighted by molar-refractivity contribution is 7.21. The average molecular weight is 377 g/mol. The van der Waals surface area contributed by atoms with Crippen LogP contribution in [0.25, 0.3) is 10.2 Å².